The van der Waals surface area contributed by atoms with E-state index in [-0.39, 0.29) is 13.2 Å². The number of nitrogens with zero attached hydrogens (tertiary/aromatic N) is 1. The Labute approximate surface area is 184 Å². The summed E-state index contributed by atoms with van der Waals surface area (Å²) < 4.78 is 22.1. The molecule has 32 heavy (non-hydrogen) atoms. The molecule has 0 amide bonds. The molecule has 0 atom stereocenters. The second-order valence-corrected chi connectivity index (χ2v) is 7.19. The van der Waals surface area contributed by atoms with E-state index >= 15 is 0 Å². The summed E-state index contributed by atoms with van der Waals surface area (Å²) in [6, 6.07) is 26.4. The molecule has 0 saturated carbocycles. The second-order valence-electron chi connectivity index (χ2n) is 7.19. The summed E-state index contributed by atoms with van der Waals surface area (Å²) in [7, 11) is 0. The third-order valence-corrected chi connectivity index (χ3v) is 4.93. The number of esters is 1. The van der Waals surface area contributed by atoms with Crippen molar-refractivity contribution >= 4 is 12.0 Å². The van der Waals surface area contributed by atoms with E-state index in [1.54, 1.807) is 12.1 Å². The van der Waals surface area contributed by atoms with Crippen LogP contribution in [0.1, 0.15) is 11.3 Å². The molecule has 0 fully saturated rings. The first-order chi connectivity index (χ1) is 15.7. The van der Waals surface area contributed by atoms with E-state index in [1.807, 2.05) is 78.9 Å². The van der Waals surface area contributed by atoms with E-state index in [4.69, 9.17) is 18.7 Å². The number of ether oxygens (including phenoxy) is 3. The van der Waals surface area contributed by atoms with E-state index in [0.717, 1.165) is 28.4 Å². The number of rotatable bonds is 6. The van der Waals surface area contributed by atoms with Crippen LogP contribution in [0.2, 0.25) is 0 Å². The summed E-state index contributed by atoms with van der Waals surface area (Å²) in [5.41, 5.74) is 2.83. The van der Waals surface area contributed by atoms with Gasteiger partial charge in [-0.1, -0.05) is 41.6 Å². The van der Waals surface area contributed by atoms with Crippen molar-refractivity contribution in [2.75, 3.05) is 6.61 Å². The Hall–Kier alpha value is -4.32. The van der Waals surface area contributed by atoms with Gasteiger partial charge in [0.05, 0.1) is 5.57 Å². The Kier molecular flexibility index (Phi) is 5.41. The number of carbonyl (C=O) groups is 1. The van der Waals surface area contributed by atoms with Crippen molar-refractivity contribution in [3.63, 3.8) is 0 Å². The molecule has 1 aromatic heterocycles. The highest BCUT2D eigenvalue weighted by atomic mass is 16.6. The summed E-state index contributed by atoms with van der Waals surface area (Å²) in [6.45, 7) is 0.162. The molecule has 158 valence electrons. The highest BCUT2D eigenvalue weighted by Gasteiger charge is 2.19. The van der Waals surface area contributed by atoms with Gasteiger partial charge in [-0.25, -0.2) is 4.79 Å². The molecule has 0 aliphatic carbocycles. The van der Waals surface area contributed by atoms with Crippen LogP contribution in [0.4, 0.5) is 0 Å². The Balaban J connectivity index is 1.20. The normalized spacial score (nSPS) is 12.3. The van der Waals surface area contributed by atoms with Crippen LogP contribution in [0.15, 0.2) is 95.0 Å². The number of hydrogen-bond donors (Lipinski definition) is 0. The maximum atomic E-state index is 12.4. The quantitative estimate of drug-likeness (QED) is 0.372. The average Bonchev–Trinajstić information content (AvgIpc) is 3.32. The van der Waals surface area contributed by atoms with Gasteiger partial charge in [0.2, 0.25) is 0 Å². The molecule has 1 aliphatic rings. The smallest absolute Gasteiger partial charge is 0.337 e. The lowest BCUT2D eigenvalue weighted by atomic mass is 10.1. The van der Waals surface area contributed by atoms with E-state index in [9.17, 15) is 4.79 Å². The lowest BCUT2D eigenvalue weighted by molar-refractivity contribution is -0.141. The van der Waals surface area contributed by atoms with Crippen LogP contribution in [0.25, 0.3) is 17.3 Å². The zero-order chi connectivity index (χ0) is 21.8. The van der Waals surface area contributed by atoms with Crippen LogP contribution < -0.4 is 9.47 Å². The van der Waals surface area contributed by atoms with E-state index < -0.39 is 5.97 Å². The number of hydrogen-bond acceptors (Lipinski definition) is 6. The van der Waals surface area contributed by atoms with Crippen molar-refractivity contribution in [1.29, 1.82) is 0 Å². The minimum Gasteiger partial charge on any atom is -0.488 e. The van der Waals surface area contributed by atoms with Gasteiger partial charge >= 0.3 is 5.97 Å². The Bertz CT molecular complexity index is 1260. The van der Waals surface area contributed by atoms with Crippen LogP contribution >= 0.6 is 0 Å². The summed E-state index contributed by atoms with van der Waals surface area (Å²) in [6.07, 6.45) is 1.78. The molecule has 6 heteroatoms. The van der Waals surface area contributed by atoms with Crippen molar-refractivity contribution in [2.24, 2.45) is 0 Å². The fourth-order valence-corrected chi connectivity index (χ4v) is 3.30. The summed E-state index contributed by atoms with van der Waals surface area (Å²) >= 11 is 0. The highest BCUT2D eigenvalue weighted by molar-refractivity contribution is 5.95. The second kappa shape index (κ2) is 8.81. The zero-order valence-electron chi connectivity index (χ0n) is 17.1. The third kappa shape index (κ3) is 4.39. The summed E-state index contributed by atoms with van der Waals surface area (Å²) in [4.78, 5) is 12.4. The molecule has 0 unspecified atom stereocenters. The number of benzene rings is 3. The number of carbonyl (C=O) groups excluding carboxylic acids is 1. The SMILES string of the molecule is O=C(OCc1cc(-c2ccc(Oc3ccccc3)cc2)no1)C1=Cc2ccccc2OC1. The lowest BCUT2D eigenvalue weighted by Crippen LogP contribution is -2.17. The van der Waals surface area contributed by atoms with Gasteiger partial charge in [0.15, 0.2) is 12.4 Å². The van der Waals surface area contributed by atoms with Crippen LogP contribution in [0, 0.1) is 0 Å². The average molecular weight is 425 g/mol. The fourth-order valence-electron chi connectivity index (χ4n) is 3.30. The molecule has 0 saturated heterocycles. The van der Waals surface area contributed by atoms with Crippen molar-refractivity contribution in [3.05, 3.63) is 102 Å². The van der Waals surface area contributed by atoms with Crippen LogP contribution in [-0.2, 0) is 16.1 Å². The maximum Gasteiger partial charge on any atom is 0.337 e. The molecular weight excluding hydrogens is 406 g/mol. The molecule has 2 heterocycles. The number of para-hydroxylation sites is 2. The number of aromatic nitrogens is 1. The maximum absolute atomic E-state index is 12.4. The monoisotopic (exact) mass is 425 g/mol. The largest absolute Gasteiger partial charge is 0.488 e. The molecule has 0 N–H and O–H groups in total. The Morgan fingerprint density at radius 3 is 2.50 bits per heavy atom. The van der Waals surface area contributed by atoms with Crippen molar-refractivity contribution in [2.45, 2.75) is 6.61 Å². The first-order valence-electron chi connectivity index (χ1n) is 10.1. The molecule has 0 bridgehead atoms. The van der Waals surface area contributed by atoms with E-state index in [1.165, 1.54) is 0 Å². The molecule has 4 aromatic rings. The third-order valence-electron chi connectivity index (χ3n) is 4.93. The molecule has 5 rings (SSSR count). The van der Waals surface area contributed by atoms with Crippen molar-refractivity contribution in [3.8, 4) is 28.5 Å². The predicted octanol–water partition coefficient (Wildman–Crippen LogP) is 5.65. The lowest BCUT2D eigenvalue weighted by Gasteiger charge is -2.16. The Morgan fingerprint density at radius 1 is 0.906 bits per heavy atom. The van der Waals surface area contributed by atoms with Gasteiger partial charge in [-0.15, -0.1) is 0 Å². The van der Waals surface area contributed by atoms with Gasteiger partial charge in [0.25, 0.3) is 0 Å². The topological polar surface area (TPSA) is 70.8 Å². The van der Waals surface area contributed by atoms with Gasteiger partial charge < -0.3 is 18.7 Å². The Morgan fingerprint density at radius 2 is 1.66 bits per heavy atom. The molecule has 0 radical (unpaired) electrons. The van der Waals surface area contributed by atoms with Crippen LogP contribution in [0.3, 0.4) is 0 Å². The first-order valence-corrected chi connectivity index (χ1v) is 10.1. The van der Waals surface area contributed by atoms with Crippen molar-refractivity contribution in [1.82, 2.24) is 5.16 Å². The van der Waals surface area contributed by atoms with Gasteiger partial charge in [0.1, 0.15) is 29.5 Å². The standard InChI is InChI=1S/C26H19NO5/c28-26(20-14-19-6-4-5-9-25(19)29-16-20)30-17-23-15-24(27-32-23)18-10-12-22(13-11-18)31-21-7-2-1-3-8-21/h1-15H,16-17H2. The van der Waals surface area contributed by atoms with Crippen molar-refractivity contribution < 1.29 is 23.5 Å². The van der Waals surface area contributed by atoms with Gasteiger partial charge in [0, 0.05) is 17.2 Å². The summed E-state index contributed by atoms with van der Waals surface area (Å²) in [5, 5.41) is 4.07. The highest BCUT2D eigenvalue weighted by Crippen LogP contribution is 2.27. The first kappa shape index (κ1) is 19.6. The summed E-state index contributed by atoms with van der Waals surface area (Å²) in [5.74, 6) is 2.26. The van der Waals surface area contributed by atoms with Gasteiger partial charge in [-0.05, 0) is 48.5 Å². The predicted molar refractivity (Wildman–Crippen MR) is 118 cm³/mol. The fraction of sp³-hybridized carbons (Fsp3) is 0.0769. The molecular formula is C26H19NO5. The van der Waals surface area contributed by atoms with Gasteiger partial charge in [-0.2, -0.15) is 0 Å². The zero-order valence-corrected chi connectivity index (χ0v) is 17.1. The van der Waals surface area contributed by atoms with Crippen LogP contribution in [-0.4, -0.2) is 17.7 Å². The van der Waals surface area contributed by atoms with Gasteiger partial charge in [-0.3, -0.25) is 0 Å². The molecule has 6 nitrogen and oxygen atoms in total. The van der Waals surface area contributed by atoms with E-state index in [0.29, 0.717) is 17.0 Å². The number of fused-ring (bicyclic) bond motifs is 1. The van der Waals surface area contributed by atoms with E-state index in [2.05, 4.69) is 5.16 Å². The molecule has 3 aromatic carbocycles. The molecule has 1 aliphatic heterocycles. The minimum atomic E-state index is -0.445. The van der Waals surface area contributed by atoms with Crippen LogP contribution in [0.5, 0.6) is 17.2 Å². The minimum absolute atomic E-state index is 0.0139. The molecule has 0 spiro atoms.